The SMILES string of the molecule is COc1ccc2c(c1)C(=O)N(C[C@@]1(c3cc4c[n+]([O-])ccc4o3)NC(=O)NC1=O)C2. The van der Waals surface area contributed by atoms with Gasteiger partial charge in [0.05, 0.1) is 19.0 Å². The van der Waals surface area contributed by atoms with Crippen molar-refractivity contribution < 1.29 is 28.3 Å². The molecule has 1 fully saturated rings. The van der Waals surface area contributed by atoms with Crippen LogP contribution in [-0.4, -0.2) is 36.4 Å². The lowest BCUT2D eigenvalue weighted by Gasteiger charge is -2.29. The molecule has 2 aliphatic heterocycles. The highest BCUT2D eigenvalue weighted by atomic mass is 16.5. The largest absolute Gasteiger partial charge is 0.619 e. The first-order chi connectivity index (χ1) is 14.4. The number of hydrogen-bond donors (Lipinski definition) is 2. The van der Waals surface area contributed by atoms with Gasteiger partial charge in [0.15, 0.2) is 17.9 Å². The molecule has 3 aromatic rings. The number of amides is 4. The molecule has 0 bridgehead atoms. The average Bonchev–Trinajstić information content (AvgIpc) is 3.36. The zero-order valence-corrected chi connectivity index (χ0v) is 15.8. The first-order valence-electron chi connectivity index (χ1n) is 9.12. The summed E-state index contributed by atoms with van der Waals surface area (Å²) in [7, 11) is 1.51. The Labute approximate surface area is 169 Å². The van der Waals surface area contributed by atoms with Crippen LogP contribution in [0, 0.1) is 5.21 Å². The lowest BCUT2D eigenvalue weighted by Crippen LogP contribution is -2.52. The highest BCUT2D eigenvalue weighted by molar-refractivity contribution is 6.08. The summed E-state index contributed by atoms with van der Waals surface area (Å²) in [6.07, 6.45) is 2.57. The Morgan fingerprint density at radius 1 is 1.27 bits per heavy atom. The van der Waals surface area contributed by atoms with E-state index < -0.39 is 17.5 Å². The molecule has 4 heterocycles. The van der Waals surface area contributed by atoms with Crippen molar-refractivity contribution in [3.8, 4) is 5.75 Å². The fourth-order valence-corrected chi connectivity index (χ4v) is 3.92. The predicted octanol–water partition coefficient (Wildman–Crippen LogP) is 0.765. The summed E-state index contributed by atoms with van der Waals surface area (Å²) in [6, 6.07) is 7.49. The monoisotopic (exact) mass is 408 g/mol. The molecule has 152 valence electrons. The van der Waals surface area contributed by atoms with Gasteiger partial charge in [0.1, 0.15) is 17.1 Å². The number of imide groups is 1. The molecule has 1 atom stereocenters. The van der Waals surface area contributed by atoms with Crippen LogP contribution in [0.2, 0.25) is 0 Å². The standard InChI is InChI=1S/C20H16N4O6/c1-29-13-3-2-11-8-23(17(25)14(11)7-13)10-20(18(26)21-19(27)22-20)16-6-12-9-24(28)5-4-15(12)30-16/h2-7,9H,8,10H2,1H3,(H2,21,22,26,27)/t20-/m0/s1. The van der Waals surface area contributed by atoms with Crippen molar-refractivity contribution in [1.82, 2.24) is 15.5 Å². The van der Waals surface area contributed by atoms with Crippen molar-refractivity contribution in [2.75, 3.05) is 13.7 Å². The molecule has 2 aromatic heterocycles. The molecule has 0 aliphatic carbocycles. The molecule has 1 aromatic carbocycles. The zero-order chi connectivity index (χ0) is 21.0. The molecule has 10 nitrogen and oxygen atoms in total. The second kappa shape index (κ2) is 6.21. The summed E-state index contributed by atoms with van der Waals surface area (Å²) in [5, 5.41) is 16.9. The zero-order valence-electron chi connectivity index (χ0n) is 15.8. The van der Waals surface area contributed by atoms with Gasteiger partial charge >= 0.3 is 6.03 Å². The van der Waals surface area contributed by atoms with E-state index in [2.05, 4.69) is 10.6 Å². The molecule has 10 heteroatoms. The average molecular weight is 408 g/mol. The smallest absolute Gasteiger partial charge is 0.322 e. The number of hydrogen-bond acceptors (Lipinski definition) is 6. The quantitative estimate of drug-likeness (QED) is 0.373. The van der Waals surface area contributed by atoms with Crippen LogP contribution in [0.3, 0.4) is 0 Å². The second-order valence-electron chi connectivity index (χ2n) is 7.23. The number of urea groups is 1. The third-order valence-electron chi connectivity index (χ3n) is 5.42. The summed E-state index contributed by atoms with van der Waals surface area (Å²) in [5.41, 5.74) is 0.0288. The van der Waals surface area contributed by atoms with Crippen LogP contribution in [0.4, 0.5) is 4.79 Å². The summed E-state index contributed by atoms with van der Waals surface area (Å²) >= 11 is 0. The van der Waals surface area contributed by atoms with Crippen molar-refractivity contribution in [2.24, 2.45) is 0 Å². The molecule has 0 saturated carbocycles. The highest BCUT2D eigenvalue weighted by Crippen LogP contribution is 2.34. The molecule has 5 rings (SSSR count). The highest BCUT2D eigenvalue weighted by Gasteiger charge is 2.53. The van der Waals surface area contributed by atoms with Crippen LogP contribution >= 0.6 is 0 Å². The van der Waals surface area contributed by atoms with Gasteiger partial charge in [0, 0.05) is 18.2 Å². The molecule has 30 heavy (non-hydrogen) atoms. The lowest BCUT2D eigenvalue weighted by atomic mass is 9.95. The molecular formula is C20H16N4O6. The number of aromatic nitrogens is 1. The third kappa shape index (κ3) is 2.57. The van der Waals surface area contributed by atoms with E-state index in [0.29, 0.717) is 27.0 Å². The van der Waals surface area contributed by atoms with Crippen molar-refractivity contribution in [1.29, 1.82) is 0 Å². The Kier molecular flexibility index (Phi) is 3.72. The number of rotatable bonds is 4. The minimum atomic E-state index is -1.62. The number of methoxy groups -OCH3 is 1. The maximum atomic E-state index is 13.0. The van der Waals surface area contributed by atoms with E-state index in [-0.39, 0.29) is 24.8 Å². The van der Waals surface area contributed by atoms with Gasteiger partial charge in [-0.05, 0) is 23.8 Å². The van der Waals surface area contributed by atoms with Crippen LogP contribution in [0.5, 0.6) is 5.75 Å². The van der Waals surface area contributed by atoms with Gasteiger partial charge in [-0.15, -0.1) is 0 Å². The summed E-state index contributed by atoms with van der Waals surface area (Å²) in [5.74, 6) is -0.240. The first-order valence-corrected chi connectivity index (χ1v) is 9.12. The Hall–Kier alpha value is -4.08. The fraction of sp³-hybridized carbons (Fsp3) is 0.200. The molecule has 0 spiro atoms. The van der Waals surface area contributed by atoms with E-state index in [4.69, 9.17) is 9.15 Å². The van der Waals surface area contributed by atoms with Gasteiger partial charge in [0.2, 0.25) is 0 Å². The van der Waals surface area contributed by atoms with Gasteiger partial charge in [-0.3, -0.25) is 14.9 Å². The van der Waals surface area contributed by atoms with Crippen molar-refractivity contribution in [3.63, 3.8) is 0 Å². The van der Waals surface area contributed by atoms with E-state index in [9.17, 15) is 19.6 Å². The third-order valence-corrected chi connectivity index (χ3v) is 5.42. The molecule has 2 aliphatic rings. The maximum absolute atomic E-state index is 13.0. The summed E-state index contributed by atoms with van der Waals surface area (Å²) < 4.78 is 11.6. The molecule has 1 saturated heterocycles. The van der Waals surface area contributed by atoms with Crippen LogP contribution in [-0.2, 0) is 16.9 Å². The Morgan fingerprint density at radius 3 is 2.83 bits per heavy atom. The van der Waals surface area contributed by atoms with Crippen LogP contribution < -0.4 is 20.1 Å². The van der Waals surface area contributed by atoms with Crippen LogP contribution in [0.15, 0.2) is 47.1 Å². The van der Waals surface area contributed by atoms with Crippen molar-refractivity contribution in [2.45, 2.75) is 12.1 Å². The van der Waals surface area contributed by atoms with Crippen LogP contribution in [0.25, 0.3) is 11.0 Å². The van der Waals surface area contributed by atoms with Gasteiger partial charge in [-0.1, -0.05) is 6.07 Å². The van der Waals surface area contributed by atoms with Crippen molar-refractivity contribution in [3.05, 3.63) is 64.8 Å². The van der Waals surface area contributed by atoms with E-state index in [1.807, 2.05) is 0 Å². The van der Waals surface area contributed by atoms with Crippen LogP contribution in [0.1, 0.15) is 21.7 Å². The topological polar surface area (TPSA) is 128 Å². The van der Waals surface area contributed by atoms with Gasteiger partial charge in [0.25, 0.3) is 11.8 Å². The maximum Gasteiger partial charge on any atom is 0.322 e. The number of nitrogens with zero attached hydrogens (tertiary/aromatic N) is 2. The Balaban J connectivity index is 1.55. The fourth-order valence-electron chi connectivity index (χ4n) is 3.92. The number of fused-ring (bicyclic) bond motifs is 2. The molecule has 0 unspecified atom stereocenters. The normalized spacial score (nSPS) is 20.4. The summed E-state index contributed by atoms with van der Waals surface area (Å²) in [4.78, 5) is 39.3. The number of pyridine rings is 1. The summed E-state index contributed by atoms with van der Waals surface area (Å²) in [6.45, 7) is 0.126. The number of benzene rings is 1. The van der Waals surface area contributed by atoms with E-state index in [1.54, 1.807) is 18.2 Å². The Morgan fingerprint density at radius 2 is 2.10 bits per heavy atom. The number of carbonyl (C=O) groups is 3. The minimum Gasteiger partial charge on any atom is -0.619 e. The molecular weight excluding hydrogens is 392 g/mol. The number of ether oxygens (including phenoxy) is 1. The second-order valence-corrected chi connectivity index (χ2v) is 7.23. The molecule has 4 amide bonds. The number of nitrogens with one attached hydrogen (secondary N) is 2. The van der Waals surface area contributed by atoms with Crippen molar-refractivity contribution >= 4 is 28.8 Å². The van der Waals surface area contributed by atoms with Gasteiger partial charge in [-0.25, -0.2) is 4.79 Å². The number of carbonyl (C=O) groups excluding carboxylic acids is 3. The van der Waals surface area contributed by atoms with E-state index in [1.165, 1.54) is 36.5 Å². The van der Waals surface area contributed by atoms with E-state index >= 15 is 0 Å². The molecule has 2 N–H and O–H groups in total. The van der Waals surface area contributed by atoms with E-state index in [0.717, 1.165) is 5.56 Å². The number of furan rings is 1. The predicted molar refractivity (Wildman–Crippen MR) is 101 cm³/mol. The minimum absolute atomic E-state index is 0.133. The molecule has 0 radical (unpaired) electrons. The van der Waals surface area contributed by atoms with Gasteiger partial charge in [-0.2, -0.15) is 4.73 Å². The first kappa shape index (κ1) is 18.0. The Bertz CT molecular complexity index is 1240. The lowest BCUT2D eigenvalue weighted by molar-refractivity contribution is -0.603. The van der Waals surface area contributed by atoms with Gasteiger partial charge < -0.3 is 24.6 Å².